The molecular weight excluding hydrogens is 503 g/mol. The van der Waals surface area contributed by atoms with Crippen molar-refractivity contribution in [2.45, 2.75) is 76.8 Å². The monoisotopic (exact) mass is 542 g/mol. The largest absolute Gasteiger partial charge is 0.381 e. The van der Waals surface area contributed by atoms with Gasteiger partial charge in [-0.05, 0) is 56.6 Å². The Bertz CT molecular complexity index is 684. The van der Waals surface area contributed by atoms with E-state index in [1.165, 1.54) is 49.9 Å². The summed E-state index contributed by atoms with van der Waals surface area (Å²) in [6.07, 6.45) is 7.56. The van der Waals surface area contributed by atoms with Crippen LogP contribution in [-0.4, -0.2) is 61.9 Å². The highest BCUT2D eigenvalue weighted by Crippen LogP contribution is 2.29. The van der Waals surface area contributed by atoms with Gasteiger partial charge >= 0.3 is 0 Å². The van der Waals surface area contributed by atoms with Crippen LogP contribution in [0, 0.1) is 0 Å². The number of ether oxygens (including phenoxy) is 2. The average molecular weight is 543 g/mol. The van der Waals surface area contributed by atoms with Crippen molar-refractivity contribution in [3.8, 4) is 0 Å². The van der Waals surface area contributed by atoms with E-state index in [4.69, 9.17) is 14.5 Å². The van der Waals surface area contributed by atoms with Crippen molar-refractivity contribution in [3.63, 3.8) is 0 Å². The quantitative estimate of drug-likeness (QED) is 0.298. The predicted molar refractivity (Wildman–Crippen MR) is 136 cm³/mol. The number of benzene rings is 1. The van der Waals surface area contributed by atoms with E-state index in [1.54, 1.807) is 0 Å². The molecule has 2 N–H and O–H groups in total. The second-order valence-corrected chi connectivity index (χ2v) is 8.82. The van der Waals surface area contributed by atoms with Crippen LogP contribution in [0.25, 0.3) is 0 Å². The molecule has 1 aromatic carbocycles. The maximum absolute atomic E-state index is 6.07. The van der Waals surface area contributed by atoms with Crippen molar-refractivity contribution in [1.82, 2.24) is 15.5 Å². The van der Waals surface area contributed by atoms with E-state index in [1.807, 2.05) is 0 Å². The highest BCUT2D eigenvalue weighted by Gasteiger charge is 2.31. The fraction of sp³-hybridized carbons (Fsp3) is 0.708. The molecule has 4 rings (SSSR count). The second-order valence-electron chi connectivity index (χ2n) is 8.82. The summed E-state index contributed by atoms with van der Waals surface area (Å²) in [5, 5.41) is 7.08. The van der Waals surface area contributed by atoms with Gasteiger partial charge in [0.15, 0.2) is 5.96 Å². The van der Waals surface area contributed by atoms with Crippen molar-refractivity contribution in [2.75, 3.05) is 32.8 Å². The van der Waals surface area contributed by atoms with Crippen LogP contribution in [0.5, 0.6) is 0 Å². The normalized spacial score (nSPS) is 21.5. The average Bonchev–Trinajstić information content (AvgIpc) is 3.63. The van der Waals surface area contributed by atoms with Gasteiger partial charge in [0.25, 0.3) is 0 Å². The molecule has 1 saturated carbocycles. The van der Waals surface area contributed by atoms with Gasteiger partial charge in [-0.3, -0.25) is 0 Å². The Morgan fingerprint density at radius 3 is 2.55 bits per heavy atom. The molecule has 0 amide bonds. The molecule has 31 heavy (non-hydrogen) atoms. The number of piperidine rings is 1. The van der Waals surface area contributed by atoms with E-state index in [9.17, 15) is 0 Å². The summed E-state index contributed by atoms with van der Waals surface area (Å²) >= 11 is 0. The van der Waals surface area contributed by atoms with Crippen molar-refractivity contribution in [3.05, 3.63) is 35.4 Å². The number of rotatable bonds is 8. The summed E-state index contributed by atoms with van der Waals surface area (Å²) in [5.74, 6) is 0.936. The Kier molecular flexibility index (Phi) is 10.3. The van der Waals surface area contributed by atoms with E-state index in [2.05, 4.69) is 46.7 Å². The van der Waals surface area contributed by atoms with Crippen molar-refractivity contribution < 1.29 is 9.47 Å². The molecule has 2 aliphatic heterocycles. The second kappa shape index (κ2) is 13.0. The van der Waals surface area contributed by atoms with Gasteiger partial charge in [0.2, 0.25) is 0 Å². The highest BCUT2D eigenvalue weighted by atomic mass is 127. The Morgan fingerprint density at radius 1 is 1.10 bits per heavy atom. The molecule has 3 aliphatic rings. The topological polar surface area (TPSA) is 58.1 Å². The number of likely N-dealkylation sites (tertiary alicyclic amines) is 1. The fourth-order valence-corrected chi connectivity index (χ4v) is 4.41. The maximum Gasteiger partial charge on any atom is 0.191 e. The summed E-state index contributed by atoms with van der Waals surface area (Å²) < 4.78 is 11.5. The van der Waals surface area contributed by atoms with Gasteiger partial charge in [-0.25, -0.2) is 4.99 Å². The number of hydrogen-bond acceptors (Lipinski definition) is 4. The lowest BCUT2D eigenvalue weighted by molar-refractivity contribution is -0.0390. The Balaban J connectivity index is 0.00000272. The zero-order chi connectivity index (χ0) is 20.6. The van der Waals surface area contributed by atoms with Crippen LogP contribution >= 0.6 is 24.0 Å². The lowest BCUT2D eigenvalue weighted by Gasteiger charge is -2.33. The third kappa shape index (κ3) is 8.18. The number of nitrogens with zero attached hydrogens (tertiary/aromatic N) is 2. The lowest BCUT2D eigenvalue weighted by atomic mass is 10.1. The minimum Gasteiger partial charge on any atom is -0.381 e. The van der Waals surface area contributed by atoms with Crippen LogP contribution in [0.2, 0.25) is 0 Å². The molecule has 2 saturated heterocycles. The number of aliphatic imine (C=N–C) groups is 1. The third-order valence-corrected chi connectivity index (χ3v) is 6.34. The summed E-state index contributed by atoms with van der Waals surface area (Å²) in [6, 6.07) is 10.0. The van der Waals surface area contributed by atoms with E-state index < -0.39 is 0 Å². The molecule has 1 aliphatic carbocycles. The summed E-state index contributed by atoms with van der Waals surface area (Å²) in [6.45, 7) is 8.43. The SMILES string of the molecule is CCNC(=NCc1cccc(COC2CCOCC2)c1)NC1CCN(C2CC2)CC1.I. The van der Waals surface area contributed by atoms with Gasteiger partial charge in [-0.1, -0.05) is 24.3 Å². The first-order chi connectivity index (χ1) is 14.8. The molecule has 7 heteroatoms. The van der Waals surface area contributed by atoms with E-state index in [0.29, 0.717) is 25.3 Å². The maximum atomic E-state index is 6.07. The van der Waals surface area contributed by atoms with Gasteiger partial charge in [0.05, 0.1) is 19.3 Å². The zero-order valence-electron chi connectivity index (χ0n) is 18.9. The summed E-state index contributed by atoms with van der Waals surface area (Å²) in [5.41, 5.74) is 2.45. The van der Waals surface area contributed by atoms with E-state index in [-0.39, 0.29) is 24.0 Å². The molecule has 3 fully saturated rings. The van der Waals surface area contributed by atoms with Crippen LogP contribution < -0.4 is 10.6 Å². The molecule has 0 unspecified atom stereocenters. The molecule has 6 nitrogen and oxygen atoms in total. The number of guanidine groups is 1. The van der Waals surface area contributed by atoms with Crippen LogP contribution in [-0.2, 0) is 22.6 Å². The Labute approximate surface area is 204 Å². The summed E-state index contributed by atoms with van der Waals surface area (Å²) in [4.78, 5) is 7.52. The van der Waals surface area contributed by atoms with Crippen LogP contribution in [0.4, 0.5) is 0 Å². The third-order valence-electron chi connectivity index (χ3n) is 6.34. The van der Waals surface area contributed by atoms with Crippen molar-refractivity contribution in [2.24, 2.45) is 4.99 Å². The van der Waals surface area contributed by atoms with Crippen LogP contribution in [0.3, 0.4) is 0 Å². The Morgan fingerprint density at radius 2 is 1.84 bits per heavy atom. The molecule has 1 aromatic rings. The lowest BCUT2D eigenvalue weighted by Crippen LogP contribution is -2.49. The predicted octanol–water partition coefficient (Wildman–Crippen LogP) is 3.68. The van der Waals surface area contributed by atoms with Gasteiger partial charge in [0.1, 0.15) is 0 Å². The molecule has 174 valence electrons. The van der Waals surface area contributed by atoms with E-state index >= 15 is 0 Å². The highest BCUT2D eigenvalue weighted by molar-refractivity contribution is 14.0. The zero-order valence-corrected chi connectivity index (χ0v) is 21.2. The minimum absolute atomic E-state index is 0. The molecule has 0 radical (unpaired) electrons. The number of hydrogen-bond donors (Lipinski definition) is 2. The van der Waals surface area contributed by atoms with Crippen LogP contribution in [0.1, 0.15) is 56.6 Å². The smallest absolute Gasteiger partial charge is 0.191 e. The number of nitrogens with one attached hydrogen (secondary N) is 2. The Hall–Kier alpha value is -0.900. The van der Waals surface area contributed by atoms with Crippen molar-refractivity contribution >= 4 is 29.9 Å². The molecule has 0 atom stereocenters. The van der Waals surface area contributed by atoms with Gasteiger partial charge in [-0.15, -0.1) is 24.0 Å². The molecule has 0 bridgehead atoms. The van der Waals surface area contributed by atoms with Gasteiger partial charge in [0, 0.05) is 44.9 Å². The first kappa shape index (κ1) is 24.7. The first-order valence-electron chi connectivity index (χ1n) is 11.9. The fourth-order valence-electron chi connectivity index (χ4n) is 4.41. The standard InChI is InChI=1S/C24H38N4O2.HI/c1-2-25-24(27-21-8-12-28(13-9-21)22-6-7-22)26-17-19-4-3-5-20(16-19)18-30-23-10-14-29-15-11-23;/h3-5,16,21-23H,2,6-15,17-18H2,1H3,(H2,25,26,27);1H. The van der Waals surface area contributed by atoms with Crippen molar-refractivity contribution in [1.29, 1.82) is 0 Å². The van der Waals surface area contributed by atoms with Crippen LogP contribution in [0.15, 0.2) is 29.3 Å². The molecule has 0 aromatic heterocycles. The summed E-state index contributed by atoms with van der Waals surface area (Å²) in [7, 11) is 0. The molecule has 2 heterocycles. The minimum atomic E-state index is 0. The first-order valence-corrected chi connectivity index (χ1v) is 11.9. The molecular formula is C24H39IN4O2. The number of halogens is 1. The molecule has 0 spiro atoms. The van der Waals surface area contributed by atoms with E-state index in [0.717, 1.165) is 44.6 Å². The van der Waals surface area contributed by atoms with Gasteiger partial charge in [-0.2, -0.15) is 0 Å². The van der Waals surface area contributed by atoms with Gasteiger partial charge < -0.3 is 25.0 Å².